The summed E-state index contributed by atoms with van der Waals surface area (Å²) in [5.74, 6) is -0.522. The maximum Gasteiger partial charge on any atom is 0.329 e. The van der Waals surface area contributed by atoms with E-state index < -0.39 is 12.0 Å². The van der Waals surface area contributed by atoms with Crippen LogP contribution < -0.4 is 5.56 Å². The maximum atomic E-state index is 12.9. The molecule has 0 saturated heterocycles. The van der Waals surface area contributed by atoms with Gasteiger partial charge < -0.3 is 4.74 Å². The lowest BCUT2D eigenvalue weighted by Crippen LogP contribution is -2.29. The molecule has 0 N–H and O–H groups in total. The molecule has 2 aromatic heterocycles. The summed E-state index contributed by atoms with van der Waals surface area (Å²) in [7, 11) is 0. The Balaban J connectivity index is 1.58. The number of nitrogens with zero attached hydrogens (tertiary/aromatic N) is 2. The molecule has 7 heteroatoms. The van der Waals surface area contributed by atoms with Crippen LogP contribution >= 0.6 is 22.9 Å². The monoisotopic (exact) mass is 424 g/mol. The number of ether oxygens (including phenoxy) is 1. The summed E-state index contributed by atoms with van der Waals surface area (Å²) in [5, 5.41) is 1.02. The third-order valence-electron chi connectivity index (χ3n) is 4.62. The number of carbonyl (C=O) groups excluding carboxylic acids is 1. The van der Waals surface area contributed by atoms with Crippen molar-refractivity contribution < 1.29 is 9.53 Å². The van der Waals surface area contributed by atoms with Gasteiger partial charge in [0, 0.05) is 15.5 Å². The largest absolute Gasteiger partial charge is 0.459 e. The summed E-state index contributed by atoms with van der Waals surface area (Å²) in [6.45, 7) is 1.66. The summed E-state index contributed by atoms with van der Waals surface area (Å²) in [5.41, 5.74) is 1.46. The Morgan fingerprint density at radius 2 is 1.90 bits per heavy atom. The topological polar surface area (TPSA) is 61.2 Å². The van der Waals surface area contributed by atoms with Crippen molar-refractivity contribution in [1.82, 2.24) is 9.55 Å². The Morgan fingerprint density at radius 1 is 1.17 bits per heavy atom. The molecule has 146 valence electrons. The number of hydrogen-bond donors (Lipinski definition) is 0. The molecule has 0 spiro atoms. The highest BCUT2D eigenvalue weighted by Gasteiger charge is 2.20. The van der Waals surface area contributed by atoms with Crippen LogP contribution in [0.2, 0.25) is 5.02 Å². The number of thiophene rings is 1. The summed E-state index contributed by atoms with van der Waals surface area (Å²) in [6, 6.07) is 18.0. The summed E-state index contributed by atoms with van der Waals surface area (Å²) < 4.78 is 6.66. The van der Waals surface area contributed by atoms with Gasteiger partial charge in [-0.05, 0) is 24.6 Å². The minimum atomic E-state index is -0.804. The van der Waals surface area contributed by atoms with E-state index >= 15 is 0 Å². The molecule has 29 heavy (non-hydrogen) atoms. The van der Waals surface area contributed by atoms with Crippen LogP contribution in [0.3, 0.4) is 0 Å². The van der Waals surface area contributed by atoms with Crippen molar-refractivity contribution in [3.05, 3.63) is 87.9 Å². The van der Waals surface area contributed by atoms with Gasteiger partial charge >= 0.3 is 5.97 Å². The maximum absolute atomic E-state index is 12.9. The van der Waals surface area contributed by atoms with Gasteiger partial charge in [-0.15, -0.1) is 11.3 Å². The van der Waals surface area contributed by atoms with Crippen molar-refractivity contribution in [1.29, 1.82) is 0 Å². The number of hydrogen-bond acceptors (Lipinski definition) is 5. The molecule has 2 heterocycles. The van der Waals surface area contributed by atoms with Gasteiger partial charge in [0.15, 0.2) is 0 Å². The van der Waals surface area contributed by atoms with E-state index in [2.05, 4.69) is 4.98 Å². The van der Waals surface area contributed by atoms with Gasteiger partial charge in [-0.2, -0.15) is 0 Å². The van der Waals surface area contributed by atoms with Gasteiger partial charge in [0.2, 0.25) is 0 Å². The third-order valence-corrected chi connectivity index (χ3v) is 6.08. The standard InChI is InChI=1S/C22H17ClN2O3S/c1-14(22(27)28-12-16-9-5-6-10-18(16)23)25-13-24-20-17(21(25)26)11-19(29-20)15-7-3-2-4-8-15/h2-11,13-14H,12H2,1H3/t14-/m0/s1. The van der Waals surface area contributed by atoms with Crippen molar-refractivity contribution in [2.75, 3.05) is 0 Å². The smallest absolute Gasteiger partial charge is 0.329 e. The molecule has 0 aliphatic carbocycles. The number of rotatable bonds is 5. The van der Waals surface area contributed by atoms with Crippen LogP contribution in [0, 0.1) is 0 Å². The number of aromatic nitrogens is 2. The van der Waals surface area contributed by atoms with Crippen molar-refractivity contribution >= 4 is 39.1 Å². The normalized spacial score (nSPS) is 12.1. The first-order valence-corrected chi connectivity index (χ1v) is 10.2. The molecule has 0 aliphatic rings. The minimum absolute atomic E-state index is 0.0455. The van der Waals surface area contributed by atoms with Crippen molar-refractivity contribution in [2.24, 2.45) is 0 Å². The second-order valence-corrected chi connectivity index (χ2v) is 7.97. The molecule has 0 aliphatic heterocycles. The predicted molar refractivity (Wildman–Crippen MR) is 115 cm³/mol. The molecular weight excluding hydrogens is 408 g/mol. The molecule has 0 saturated carbocycles. The fraction of sp³-hybridized carbons (Fsp3) is 0.136. The van der Waals surface area contributed by atoms with Crippen molar-refractivity contribution in [2.45, 2.75) is 19.6 Å². The van der Waals surface area contributed by atoms with Crippen LogP contribution in [0.5, 0.6) is 0 Å². The van der Waals surface area contributed by atoms with Crippen molar-refractivity contribution in [3.63, 3.8) is 0 Å². The summed E-state index contributed by atoms with van der Waals surface area (Å²) in [4.78, 5) is 31.4. The molecule has 5 nitrogen and oxygen atoms in total. The molecule has 4 rings (SSSR count). The molecule has 4 aromatic rings. The Labute approximate surface area is 176 Å². The van der Waals surface area contributed by atoms with Crippen LogP contribution in [0.4, 0.5) is 0 Å². The molecular formula is C22H17ClN2O3S. The fourth-order valence-corrected chi connectivity index (χ4v) is 4.14. The lowest BCUT2D eigenvalue weighted by molar-refractivity contribution is -0.148. The zero-order chi connectivity index (χ0) is 20.4. The zero-order valence-corrected chi connectivity index (χ0v) is 17.1. The van der Waals surface area contributed by atoms with Gasteiger partial charge in [0.25, 0.3) is 5.56 Å². The van der Waals surface area contributed by atoms with E-state index in [9.17, 15) is 9.59 Å². The second kappa shape index (κ2) is 8.19. The minimum Gasteiger partial charge on any atom is -0.459 e. The Hall–Kier alpha value is -2.96. The van der Waals surface area contributed by atoms with Crippen molar-refractivity contribution in [3.8, 4) is 10.4 Å². The van der Waals surface area contributed by atoms with E-state index in [1.807, 2.05) is 42.5 Å². The first kappa shape index (κ1) is 19.4. The summed E-state index contributed by atoms with van der Waals surface area (Å²) in [6.07, 6.45) is 1.40. The Kier molecular flexibility index (Phi) is 5.47. The molecule has 0 bridgehead atoms. The van der Waals surface area contributed by atoms with E-state index in [0.29, 0.717) is 20.8 Å². The van der Waals surface area contributed by atoms with Gasteiger partial charge in [-0.25, -0.2) is 9.78 Å². The van der Waals surface area contributed by atoms with E-state index in [1.54, 1.807) is 25.1 Å². The predicted octanol–water partition coefficient (Wildman–Crippen LogP) is 5.08. The van der Waals surface area contributed by atoms with Crippen LogP contribution in [0.15, 0.2) is 71.8 Å². The third kappa shape index (κ3) is 3.95. The van der Waals surface area contributed by atoms with Crippen LogP contribution in [-0.4, -0.2) is 15.5 Å². The molecule has 0 amide bonds. The average molecular weight is 425 g/mol. The van der Waals surface area contributed by atoms with Crippen LogP contribution in [-0.2, 0) is 16.1 Å². The van der Waals surface area contributed by atoms with Crippen LogP contribution in [0.25, 0.3) is 20.7 Å². The van der Waals surface area contributed by atoms with Gasteiger partial charge in [-0.3, -0.25) is 9.36 Å². The first-order valence-electron chi connectivity index (χ1n) is 9.01. The number of fused-ring (bicyclic) bond motifs is 1. The first-order chi connectivity index (χ1) is 14.0. The molecule has 0 radical (unpaired) electrons. The highest BCUT2D eigenvalue weighted by molar-refractivity contribution is 7.21. The van der Waals surface area contributed by atoms with Gasteiger partial charge in [0.05, 0.1) is 11.7 Å². The molecule has 1 atom stereocenters. The van der Waals surface area contributed by atoms with E-state index in [1.165, 1.54) is 22.2 Å². The van der Waals surface area contributed by atoms with E-state index in [0.717, 1.165) is 10.4 Å². The molecule has 2 aromatic carbocycles. The number of carbonyl (C=O) groups is 1. The zero-order valence-electron chi connectivity index (χ0n) is 15.5. The fourth-order valence-electron chi connectivity index (χ4n) is 2.96. The number of benzene rings is 2. The van der Waals surface area contributed by atoms with Crippen LogP contribution in [0.1, 0.15) is 18.5 Å². The molecule has 0 unspecified atom stereocenters. The second-order valence-electron chi connectivity index (χ2n) is 6.53. The van der Waals surface area contributed by atoms with Gasteiger partial charge in [0.1, 0.15) is 17.5 Å². The quantitative estimate of drug-likeness (QED) is 0.419. The van der Waals surface area contributed by atoms with E-state index in [-0.39, 0.29) is 12.2 Å². The molecule has 0 fully saturated rings. The van der Waals surface area contributed by atoms with Gasteiger partial charge in [-0.1, -0.05) is 60.1 Å². The highest BCUT2D eigenvalue weighted by atomic mass is 35.5. The average Bonchev–Trinajstić information content (AvgIpc) is 3.19. The Bertz CT molecular complexity index is 1230. The number of esters is 1. The van der Waals surface area contributed by atoms with E-state index in [4.69, 9.17) is 16.3 Å². The SMILES string of the molecule is C[C@@H](C(=O)OCc1ccccc1Cl)n1cnc2sc(-c3ccccc3)cc2c1=O. The summed E-state index contributed by atoms with van der Waals surface area (Å²) >= 11 is 7.54. The number of halogens is 1. The lowest BCUT2D eigenvalue weighted by atomic mass is 10.2. The lowest BCUT2D eigenvalue weighted by Gasteiger charge is -2.14. The Morgan fingerprint density at radius 3 is 2.66 bits per heavy atom. The highest BCUT2D eigenvalue weighted by Crippen LogP contribution is 2.30.